The molecule has 4 N–H and O–H groups in total. The minimum Gasteiger partial charge on any atom is -0.354 e. The Balaban J connectivity index is 1.89. The van der Waals surface area contributed by atoms with Crippen LogP contribution in [0.1, 0.15) is 32.1 Å². The van der Waals surface area contributed by atoms with E-state index in [0.29, 0.717) is 12.5 Å². The van der Waals surface area contributed by atoms with Crippen LogP contribution in [0.4, 0.5) is 0 Å². The van der Waals surface area contributed by atoms with E-state index in [9.17, 15) is 9.59 Å². The highest BCUT2D eigenvalue weighted by molar-refractivity contribution is 5.89. The van der Waals surface area contributed by atoms with Crippen molar-refractivity contribution >= 4 is 11.8 Å². The molecule has 2 amide bonds. The third-order valence-corrected chi connectivity index (χ3v) is 3.90. The summed E-state index contributed by atoms with van der Waals surface area (Å²) in [5, 5.41) is 5.64. The van der Waals surface area contributed by atoms with E-state index in [-0.39, 0.29) is 23.8 Å². The summed E-state index contributed by atoms with van der Waals surface area (Å²) in [5.74, 6) is 0.267. The largest absolute Gasteiger partial charge is 0.354 e. The number of nitrogens with two attached hydrogens (primary N) is 1. The first-order valence-electron chi connectivity index (χ1n) is 6.50. The standard InChI is InChI=1S/C12H21N3O2/c13-7-8-3-1-4-9(8)11(16)15-10-5-2-6-14-12(10)17/h8-10H,1-7,13H2,(H,14,17)(H,15,16)/t8-,9-,10?/m1/s1. The maximum atomic E-state index is 12.1. The molecule has 2 fully saturated rings. The summed E-state index contributed by atoms with van der Waals surface area (Å²) in [6.07, 6.45) is 4.68. The van der Waals surface area contributed by atoms with Crippen molar-refractivity contribution in [1.82, 2.24) is 10.6 Å². The molecule has 0 bridgehead atoms. The lowest BCUT2D eigenvalue weighted by Gasteiger charge is -2.25. The van der Waals surface area contributed by atoms with Crippen LogP contribution in [-0.4, -0.2) is 30.9 Å². The minimum absolute atomic E-state index is 0.00901. The van der Waals surface area contributed by atoms with Crippen molar-refractivity contribution in [2.75, 3.05) is 13.1 Å². The van der Waals surface area contributed by atoms with Crippen molar-refractivity contribution in [3.05, 3.63) is 0 Å². The van der Waals surface area contributed by atoms with Crippen LogP contribution in [0.5, 0.6) is 0 Å². The monoisotopic (exact) mass is 239 g/mol. The van der Waals surface area contributed by atoms with Gasteiger partial charge in [-0.1, -0.05) is 6.42 Å². The average molecular weight is 239 g/mol. The lowest BCUT2D eigenvalue weighted by Crippen LogP contribution is -2.52. The molecule has 1 aliphatic heterocycles. The Morgan fingerprint density at radius 2 is 2.18 bits per heavy atom. The van der Waals surface area contributed by atoms with Crippen LogP contribution in [0.25, 0.3) is 0 Å². The smallest absolute Gasteiger partial charge is 0.242 e. The van der Waals surface area contributed by atoms with Gasteiger partial charge in [0, 0.05) is 12.5 Å². The fraction of sp³-hybridized carbons (Fsp3) is 0.833. The zero-order chi connectivity index (χ0) is 12.3. The van der Waals surface area contributed by atoms with E-state index in [1.54, 1.807) is 0 Å². The van der Waals surface area contributed by atoms with Crippen molar-refractivity contribution in [1.29, 1.82) is 0 Å². The Kier molecular flexibility index (Phi) is 3.99. The highest BCUT2D eigenvalue weighted by Crippen LogP contribution is 2.31. The van der Waals surface area contributed by atoms with E-state index < -0.39 is 0 Å². The lowest BCUT2D eigenvalue weighted by molar-refractivity contribution is -0.132. The number of carbonyl (C=O) groups excluding carboxylic acids is 2. The Hall–Kier alpha value is -1.10. The zero-order valence-corrected chi connectivity index (χ0v) is 10.1. The van der Waals surface area contributed by atoms with Crippen LogP contribution in [0, 0.1) is 11.8 Å². The first kappa shape index (κ1) is 12.4. The molecule has 1 aliphatic carbocycles. The van der Waals surface area contributed by atoms with Crippen LogP contribution >= 0.6 is 0 Å². The molecule has 3 atom stereocenters. The third kappa shape index (κ3) is 2.77. The fourth-order valence-electron chi connectivity index (χ4n) is 2.85. The number of piperidine rings is 1. The molecule has 0 aromatic carbocycles. The van der Waals surface area contributed by atoms with Crippen LogP contribution < -0.4 is 16.4 Å². The molecule has 1 saturated carbocycles. The number of rotatable bonds is 3. The maximum absolute atomic E-state index is 12.1. The van der Waals surface area contributed by atoms with Gasteiger partial charge >= 0.3 is 0 Å². The second-order valence-electron chi connectivity index (χ2n) is 5.03. The summed E-state index contributed by atoms with van der Waals surface area (Å²) in [6, 6.07) is -0.338. The van der Waals surface area contributed by atoms with Gasteiger partial charge < -0.3 is 16.4 Å². The molecule has 2 aliphatic rings. The molecule has 0 radical (unpaired) electrons. The van der Waals surface area contributed by atoms with Gasteiger partial charge in [0.25, 0.3) is 0 Å². The summed E-state index contributed by atoms with van der Waals surface area (Å²) in [6.45, 7) is 1.29. The predicted molar refractivity (Wildman–Crippen MR) is 64.1 cm³/mol. The predicted octanol–water partition coefficient (Wildman–Crippen LogP) is -0.244. The van der Waals surface area contributed by atoms with E-state index in [4.69, 9.17) is 5.73 Å². The van der Waals surface area contributed by atoms with Crippen LogP contribution in [0.15, 0.2) is 0 Å². The summed E-state index contributed by atoms with van der Waals surface area (Å²) in [5.41, 5.74) is 5.66. The van der Waals surface area contributed by atoms with E-state index in [1.807, 2.05) is 0 Å². The van der Waals surface area contributed by atoms with Crippen molar-refractivity contribution in [2.24, 2.45) is 17.6 Å². The fourth-order valence-corrected chi connectivity index (χ4v) is 2.85. The van der Waals surface area contributed by atoms with E-state index in [2.05, 4.69) is 10.6 Å². The Bertz CT molecular complexity index is 306. The van der Waals surface area contributed by atoms with Crippen molar-refractivity contribution < 1.29 is 9.59 Å². The Morgan fingerprint density at radius 3 is 2.88 bits per heavy atom. The number of hydrogen-bond donors (Lipinski definition) is 3. The molecule has 5 heteroatoms. The molecule has 96 valence electrons. The van der Waals surface area contributed by atoms with Gasteiger partial charge in [-0.25, -0.2) is 0 Å². The Labute approximate surface area is 102 Å². The lowest BCUT2D eigenvalue weighted by atomic mass is 9.94. The second-order valence-corrected chi connectivity index (χ2v) is 5.03. The van der Waals surface area contributed by atoms with Crippen molar-refractivity contribution in [3.63, 3.8) is 0 Å². The van der Waals surface area contributed by atoms with Gasteiger partial charge in [-0.3, -0.25) is 9.59 Å². The molecule has 0 aromatic heterocycles. The number of nitrogens with one attached hydrogen (secondary N) is 2. The summed E-state index contributed by atoms with van der Waals surface area (Å²) in [7, 11) is 0. The number of carbonyl (C=O) groups is 2. The molecule has 5 nitrogen and oxygen atoms in total. The maximum Gasteiger partial charge on any atom is 0.242 e. The van der Waals surface area contributed by atoms with Gasteiger partial charge in [-0.15, -0.1) is 0 Å². The van der Waals surface area contributed by atoms with E-state index >= 15 is 0 Å². The molecule has 0 spiro atoms. The van der Waals surface area contributed by atoms with Gasteiger partial charge in [-0.05, 0) is 38.1 Å². The minimum atomic E-state index is -0.338. The number of hydrogen-bond acceptors (Lipinski definition) is 3. The highest BCUT2D eigenvalue weighted by Gasteiger charge is 2.34. The molecule has 0 aromatic rings. The molecular weight excluding hydrogens is 218 g/mol. The normalized spacial score (nSPS) is 33.2. The van der Waals surface area contributed by atoms with Gasteiger partial charge in [-0.2, -0.15) is 0 Å². The van der Waals surface area contributed by atoms with Crippen molar-refractivity contribution in [2.45, 2.75) is 38.1 Å². The quantitative estimate of drug-likeness (QED) is 0.635. The first-order valence-corrected chi connectivity index (χ1v) is 6.50. The topological polar surface area (TPSA) is 84.2 Å². The third-order valence-electron chi connectivity index (χ3n) is 3.90. The molecular formula is C12H21N3O2. The van der Waals surface area contributed by atoms with Crippen molar-refractivity contribution in [3.8, 4) is 0 Å². The van der Waals surface area contributed by atoms with Crippen LogP contribution in [-0.2, 0) is 9.59 Å². The molecule has 17 heavy (non-hydrogen) atoms. The average Bonchev–Trinajstić information content (AvgIpc) is 2.80. The second kappa shape index (κ2) is 5.49. The summed E-state index contributed by atoms with van der Waals surface area (Å²) >= 11 is 0. The molecule has 1 saturated heterocycles. The van der Waals surface area contributed by atoms with E-state index in [0.717, 1.165) is 38.6 Å². The summed E-state index contributed by atoms with van der Waals surface area (Å²) < 4.78 is 0. The van der Waals surface area contributed by atoms with Gasteiger partial charge in [0.2, 0.25) is 11.8 Å². The first-order chi connectivity index (χ1) is 8.22. The van der Waals surface area contributed by atoms with Gasteiger partial charge in [0.15, 0.2) is 0 Å². The van der Waals surface area contributed by atoms with Gasteiger partial charge in [0.05, 0.1) is 0 Å². The van der Waals surface area contributed by atoms with Crippen LogP contribution in [0.3, 0.4) is 0 Å². The number of amides is 2. The zero-order valence-electron chi connectivity index (χ0n) is 10.1. The molecule has 1 unspecified atom stereocenters. The SMILES string of the molecule is NC[C@H]1CCC[C@H]1C(=O)NC1CCCNC1=O. The summed E-state index contributed by atoms with van der Waals surface area (Å²) in [4.78, 5) is 23.6. The molecule has 1 heterocycles. The molecule has 2 rings (SSSR count). The van der Waals surface area contributed by atoms with Gasteiger partial charge in [0.1, 0.15) is 6.04 Å². The van der Waals surface area contributed by atoms with Crippen LogP contribution in [0.2, 0.25) is 0 Å². The van der Waals surface area contributed by atoms with E-state index in [1.165, 1.54) is 0 Å². The highest BCUT2D eigenvalue weighted by atomic mass is 16.2. The Morgan fingerprint density at radius 1 is 1.35 bits per heavy atom.